The van der Waals surface area contributed by atoms with E-state index in [1.165, 1.54) is 0 Å². The van der Waals surface area contributed by atoms with Gasteiger partial charge >= 0.3 is 0 Å². The van der Waals surface area contributed by atoms with Crippen LogP contribution in [0.4, 0.5) is 5.69 Å². The number of nitrogens with zero attached hydrogens (tertiary/aromatic N) is 1. The highest BCUT2D eigenvalue weighted by atomic mass is 35.5. The van der Waals surface area contributed by atoms with Crippen LogP contribution >= 0.6 is 23.8 Å². The van der Waals surface area contributed by atoms with E-state index in [0.717, 1.165) is 16.8 Å². The van der Waals surface area contributed by atoms with Gasteiger partial charge in [0.05, 0.1) is 0 Å². The number of hydrogen-bond donors (Lipinski definition) is 1. The maximum Gasteiger partial charge on any atom is 0.238 e. The minimum absolute atomic E-state index is 0.176. The van der Waals surface area contributed by atoms with Crippen molar-refractivity contribution in [1.29, 1.82) is 0 Å². The third-order valence-corrected chi connectivity index (χ3v) is 4.54. The second kappa shape index (κ2) is 8.33. The van der Waals surface area contributed by atoms with E-state index in [1.54, 1.807) is 41.2 Å². The fourth-order valence-corrected chi connectivity index (χ4v) is 3.30. The molecular formula is C22H19ClN2OS. The largest absolute Gasteiger partial charge is 0.867 e. The van der Waals surface area contributed by atoms with Crippen molar-refractivity contribution in [2.75, 3.05) is 5.32 Å². The lowest BCUT2D eigenvalue weighted by molar-refractivity contribution is -0.577. The third-order valence-electron chi connectivity index (χ3n) is 3.99. The number of rotatable bonds is 4. The zero-order valence-electron chi connectivity index (χ0n) is 15.1. The van der Waals surface area contributed by atoms with E-state index in [1.807, 2.05) is 44.2 Å². The number of halogens is 1. The minimum Gasteiger partial charge on any atom is -0.867 e. The van der Waals surface area contributed by atoms with Gasteiger partial charge in [-0.2, -0.15) is 4.57 Å². The van der Waals surface area contributed by atoms with E-state index in [-0.39, 0.29) is 5.76 Å². The molecule has 0 aliphatic rings. The molecule has 0 unspecified atom stereocenters. The van der Waals surface area contributed by atoms with Gasteiger partial charge in [-0.15, -0.1) is 0 Å². The van der Waals surface area contributed by atoms with Crippen LogP contribution in [0.2, 0.25) is 5.02 Å². The van der Waals surface area contributed by atoms with Crippen LogP contribution in [-0.2, 0) is 0 Å². The minimum atomic E-state index is -0.176. The molecule has 0 bridgehead atoms. The number of hydrogen-bond acceptors (Lipinski definition) is 2. The summed E-state index contributed by atoms with van der Waals surface area (Å²) in [6.45, 7) is 4.05. The maximum absolute atomic E-state index is 13.2. The van der Waals surface area contributed by atoms with Gasteiger partial charge < -0.3 is 10.4 Å². The van der Waals surface area contributed by atoms with E-state index in [2.05, 4.69) is 11.4 Å². The van der Waals surface area contributed by atoms with Crippen molar-refractivity contribution in [2.45, 2.75) is 13.8 Å². The molecule has 2 aromatic carbocycles. The van der Waals surface area contributed by atoms with E-state index in [4.69, 9.17) is 23.8 Å². The van der Waals surface area contributed by atoms with E-state index < -0.39 is 0 Å². The number of nitrogens with one attached hydrogen (secondary N) is 1. The molecule has 1 N–H and O–H groups in total. The highest BCUT2D eigenvalue weighted by molar-refractivity contribution is 7.81. The SMILES string of the molecule is Cc1cc(C)cc(NC(=S)/C(=C(\[O-])c2ccc(Cl)cc2)[n+]2ccccc2)c1. The molecule has 1 heterocycles. The lowest BCUT2D eigenvalue weighted by atomic mass is 10.1. The second-order valence-electron chi connectivity index (χ2n) is 6.30. The molecule has 3 nitrogen and oxygen atoms in total. The molecule has 0 saturated heterocycles. The molecule has 5 heteroatoms. The summed E-state index contributed by atoms with van der Waals surface area (Å²) in [4.78, 5) is 0.358. The van der Waals surface area contributed by atoms with Gasteiger partial charge in [0.2, 0.25) is 5.70 Å². The smallest absolute Gasteiger partial charge is 0.238 e. The highest BCUT2D eigenvalue weighted by Crippen LogP contribution is 2.20. The van der Waals surface area contributed by atoms with Gasteiger partial charge in [-0.3, -0.25) is 0 Å². The van der Waals surface area contributed by atoms with Crippen LogP contribution in [0.1, 0.15) is 16.7 Å². The summed E-state index contributed by atoms with van der Waals surface area (Å²) in [6, 6.07) is 18.5. The second-order valence-corrected chi connectivity index (χ2v) is 7.14. The van der Waals surface area contributed by atoms with Crippen molar-refractivity contribution in [2.24, 2.45) is 0 Å². The monoisotopic (exact) mass is 394 g/mol. The van der Waals surface area contributed by atoms with Crippen molar-refractivity contribution in [3.63, 3.8) is 0 Å². The molecular weight excluding hydrogens is 376 g/mol. The molecule has 27 heavy (non-hydrogen) atoms. The summed E-state index contributed by atoms with van der Waals surface area (Å²) in [5.41, 5.74) is 4.01. The zero-order chi connectivity index (χ0) is 19.4. The van der Waals surface area contributed by atoms with Crippen LogP contribution in [0.15, 0.2) is 73.1 Å². The molecule has 1 aromatic heterocycles. The Morgan fingerprint density at radius 1 is 0.963 bits per heavy atom. The van der Waals surface area contributed by atoms with Crippen molar-refractivity contribution < 1.29 is 9.67 Å². The number of benzene rings is 2. The van der Waals surface area contributed by atoms with Crippen molar-refractivity contribution in [3.8, 4) is 0 Å². The fraction of sp³-hybridized carbons (Fsp3) is 0.0909. The first-order chi connectivity index (χ1) is 12.9. The molecule has 0 fully saturated rings. The average Bonchev–Trinajstić information content (AvgIpc) is 2.62. The Hall–Kier alpha value is -2.69. The van der Waals surface area contributed by atoms with Crippen LogP contribution in [0.5, 0.6) is 0 Å². The molecule has 136 valence electrons. The van der Waals surface area contributed by atoms with Gasteiger partial charge in [0.1, 0.15) is 0 Å². The summed E-state index contributed by atoms with van der Waals surface area (Å²) in [7, 11) is 0. The molecule has 0 atom stereocenters. The van der Waals surface area contributed by atoms with Gasteiger partial charge in [-0.1, -0.05) is 48.1 Å². The van der Waals surface area contributed by atoms with Crippen LogP contribution in [-0.4, -0.2) is 4.99 Å². The average molecular weight is 395 g/mol. The Labute approximate surface area is 169 Å². The van der Waals surface area contributed by atoms with Gasteiger partial charge in [0.25, 0.3) is 0 Å². The van der Waals surface area contributed by atoms with Crippen molar-refractivity contribution in [3.05, 3.63) is 94.8 Å². The number of anilines is 1. The van der Waals surface area contributed by atoms with Crippen molar-refractivity contribution in [1.82, 2.24) is 0 Å². The summed E-state index contributed by atoms with van der Waals surface area (Å²) in [5, 5.41) is 17.0. The molecule has 0 saturated carbocycles. The lowest BCUT2D eigenvalue weighted by Gasteiger charge is -2.17. The topological polar surface area (TPSA) is 39.0 Å². The summed E-state index contributed by atoms with van der Waals surface area (Å²) >= 11 is 11.6. The van der Waals surface area contributed by atoms with Gasteiger partial charge in [-0.05, 0) is 60.6 Å². The quantitative estimate of drug-likeness (QED) is 0.309. The highest BCUT2D eigenvalue weighted by Gasteiger charge is 2.18. The van der Waals surface area contributed by atoms with E-state index in [9.17, 15) is 5.11 Å². The Morgan fingerprint density at radius 3 is 2.15 bits per heavy atom. The molecule has 0 radical (unpaired) electrons. The van der Waals surface area contributed by atoms with Gasteiger partial charge in [0, 0.05) is 22.8 Å². The number of pyridine rings is 1. The Morgan fingerprint density at radius 2 is 1.56 bits per heavy atom. The molecule has 0 aliphatic carbocycles. The Balaban J connectivity index is 2.05. The zero-order valence-corrected chi connectivity index (χ0v) is 16.6. The van der Waals surface area contributed by atoms with E-state index in [0.29, 0.717) is 21.3 Å². The first kappa shape index (κ1) is 19.1. The van der Waals surface area contributed by atoms with Crippen molar-refractivity contribution >= 4 is 46.0 Å². The number of thiocarbonyl (C=S) groups is 1. The molecule has 0 spiro atoms. The number of aromatic nitrogens is 1. The van der Waals surface area contributed by atoms with Crippen LogP contribution in [0.3, 0.4) is 0 Å². The summed E-state index contributed by atoms with van der Waals surface area (Å²) in [5.74, 6) is -0.176. The Kier molecular flexibility index (Phi) is 5.89. The third kappa shape index (κ3) is 4.73. The van der Waals surface area contributed by atoms with Gasteiger partial charge in [0.15, 0.2) is 17.4 Å². The fourth-order valence-electron chi connectivity index (χ4n) is 2.86. The maximum atomic E-state index is 13.2. The predicted octanol–water partition coefficient (Wildman–Crippen LogP) is 4.37. The number of aryl methyl sites for hydroxylation is 2. The molecule has 0 aliphatic heterocycles. The summed E-state index contributed by atoms with van der Waals surface area (Å²) in [6.07, 6.45) is 3.61. The lowest BCUT2D eigenvalue weighted by Crippen LogP contribution is -2.39. The van der Waals surface area contributed by atoms with E-state index >= 15 is 0 Å². The molecule has 3 aromatic rings. The molecule has 0 amide bonds. The predicted molar refractivity (Wildman–Crippen MR) is 113 cm³/mol. The van der Waals surface area contributed by atoms with Crippen LogP contribution in [0, 0.1) is 13.8 Å². The standard InChI is InChI=1S/C22H19ClN2OS/c1-15-12-16(2)14-19(13-15)24-22(27)20(25-10-4-3-5-11-25)21(26)17-6-8-18(23)9-7-17/h3-14H,1-2H3,(H-,24,26,27). The Bertz CT molecular complexity index is 978. The summed E-state index contributed by atoms with van der Waals surface area (Å²) < 4.78 is 1.73. The molecule has 3 rings (SSSR count). The normalized spacial score (nSPS) is 11.7. The van der Waals surface area contributed by atoms with Crippen LogP contribution in [0.25, 0.3) is 11.5 Å². The first-order valence-electron chi connectivity index (χ1n) is 8.47. The first-order valence-corrected chi connectivity index (χ1v) is 9.26. The van der Waals surface area contributed by atoms with Crippen LogP contribution < -0.4 is 15.0 Å². The van der Waals surface area contributed by atoms with Gasteiger partial charge in [-0.25, -0.2) is 0 Å².